The van der Waals surface area contributed by atoms with Crippen molar-refractivity contribution in [2.24, 2.45) is 5.41 Å². The van der Waals surface area contributed by atoms with Crippen molar-refractivity contribution in [3.8, 4) is 5.75 Å². The van der Waals surface area contributed by atoms with Crippen LogP contribution in [0, 0.1) is 5.41 Å². The molecule has 0 saturated heterocycles. The molecule has 2 heterocycles. The summed E-state index contributed by atoms with van der Waals surface area (Å²) >= 11 is 1.44. The monoisotopic (exact) mass is 396 g/mol. The number of allylic oxidation sites excluding steroid dienone is 2. The average Bonchev–Trinajstić information content (AvgIpc) is 2.65. The Morgan fingerprint density at radius 1 is 1.25 bits per heavy atom. The molecule has 0 fully saturated rings. The molecule has 3 N–H and O–H groups in total. The highest BCUT2D eigenvalue weighted by Gasteiger charge is 2.43. The molecule has 1 aliphatic heterocycles. The largest absolute Gasteiger partial charge is 0.496 e. The molecule has 0 bridgehead atoms. The molecule has 28 heavy (non-hydrogen) atoms. The number of ether oxygens (including phenoxy) is 1. The van der Waals surface area contributed by atoms with Crippen LogP contribution in [0.5, 0.6) is 5.75 Å². The number of ketones is 1. The van der Waals surface area contributed by atoms with Crippen LogP contribution in [0.2, 0.25) is 0 Å². The van der Waals surface area contributed by atoms with Gasteiger partial charge in [-0.2, -0.15) is 0 Å². The van der Waals surface area contributed by atoms with Crippen LogP contribution in [0.15, 0.2) is 40.7 Å². The lowest BCUT2D eigenvalue weighted by Crippen LogP contribution is -2.34. The van der Waals surface area contributed by atoms with Gasteiger partial charge in [0.05, 0.1) is 13.0 Å². The third-order valence-corrected chi connectivity index (χ3v) is 5.90. The van der Waals surface area contributed by atoms with Crippen LogP contribution in [0.4, 0.5) is 11.6 Å². The maximum atomic E-state index is 13.2. The van der Waals surface area contributed by atoms with E-state index in [1.54, 1.807) is 7.11 Å². The number of hydrogen-bond acceptors (Lipinski definition) is 7. The lowest BCUT2D eigenvalue weighted by atomic mass is 9.69. The van der Waals surface area contributed by atoms with Gasteiger partial charge in [0.1, 0.15) is 17.4 Å². The molecule has 4 rings (SSSR count). The number of rotatable bonds is 3. The number of benzene rings is 1. The molecule has 1 aromatic heterocycles. The van der Waals surface area contributed by atoms with Crippen LogP contribution in [-0.2, 0) is 4.79 Å². The van der Waals surface area contributed by atoms with E-state index in [-0.39, 0.29) is 17.1 Å². The average molecular weight is 397 g/mol. The van der Waals surface area contributed by atoms with Gasteiger partial charge in [0.15, 0.2) is 10.9 Å². The van der Waals surface area contributed by atoms with Gasteiger partial charge in [-0.3, -0.25) is 4.79 Å². The number of fused-ring (bicyclic) bond motifs is 1. The van der Waals surface area contributed by atoms with Gasteiger partial charge >= 0.3 is 0 Å². The van der Waals surface area contributed by atoms with Gasteiger partial charge in [0.2, 0.25) is 0 Å². The van der Waals surface area contributed by atoms with E-state index in [9.17, 15) is 4.79 Å². The van der Waals surface area contributed by atoms with Crippen LogP contribution in [0.25, 0.3) is 0 Å². The van der Waals surface area contributed by atoms with E-state index < -0.39 is 0 Å². The fourth-order valence-corrected chi connectivity index (χ4v) is 4.59. The minimum Gasteiger partial charge on any atom is -0.496 e. The number of aromatic nitrogens is 2. The van der Waals surface area contributed by atoms with Gasteiger partial charge < -0.3 is 15.8 Å². The van der Waals surface area contributed by atoms with Crippen LogP contribution < -0.4 is 15.8 Å². The summed E-state index contributed by atoms with van der Waals surface area (Å²) in [7, 11) is 1.64. The number of methoxy groups -OCH3 is 1. The van der Waals surface area contributed by atoms with Gasteiger partial charge in [-0.1, -0.05) is 43.8 Å². The molecule has 2 aromatic rings. The van der Waals surface area contributed by atoms with Crippen molar-refractivity contribution in [3.63, 3.8) is 0 Å². The summed E-state index contributed by atoms with van der Waals surface area (Å²) in [6, 6.07) is 7.76. The zero-order valence-corrected chi connectivity index (χ0v) is 17.3. The Labute approximate surface area is 169 Å². The van der Waals surface area contributed by atoms with Gasteiger partial charge in [-0.15, -0.1) is 0 Å². The van der Waals surface area contributed by atoms with Gasteiger partial charge in [-0.05, 0) is 24.2 Å². The predicted molar refractivity (Wildman–Crippen MR) is 112 cm³/mol. The molecule has 1 atom stereocenters. The molecule has 0 saturated carbocycles. The second-order valence-corrected chi connectivity index (χ2v) is 8.76. The van der Waals surface area contributed by atoms with E-state index in [1.807, 2.05) is 30.5 Å². The van der Waals surface area contributed by atoms with Crippen molar-refractivity contribution in [3.05, 3.63) is 46.7 Å². The summed E-state index contributed by atoms with van der Waals surface area (Å²) in [5.41, 5.74) is 9.60. The second-order valence-electron chi connectivity index (χ2n) is 7.99. The van der Waals surface area contributed by atoms with Gasteiger partial charge in [0.25, 0.3) is 0 Å². The number of para-hydroxylation sites is 1. The van der Waals surface area contributed by atoms with Gasteiger partial charge in [-0.25, -0.2) is 9.97 Å². The molecular weight excluding hydrogens is 372 g/mol. The molecular formula is C21H24N4O2S. The number of thioether (sulfide) groups is 1. The standard InChI is InChI=1S/C21H24N4O2S/c1-21(2)9-12-16(13(26)10-21)15(11-7-5-6-8-14(11)27-3)17-18(22)24-20(28-4)25-19(17)23-12/h5-8,15H,9-10H2,1-4H3,(H3,22,23,24,25)/t15-/m0/s1. The number of nitrogens with zero attached hydrogens (tertiary/aromatic N) is 2. The molecule has 7 heteroatoms. The molecule has 0 amide bonds. The number of carbonyl (C=O) groups is 1. The first-order chi connectivity index (χ1) is 13.3. The van der Waals surface area contributed by atoms with Crippen LogP contribution in [0.1, 0.15) is 43.7 Å². The van der Waals surface area contributed by atoms with Crippen molar-refractivity contribution in [2.45, 2.75) is 37.8 Å². The summed E-state index contributed by atoms with van der Waals surface area (Å²) in [5.74, 6) is 1.58. The van der Waals surface area contributed by atoms with Crippen molar-refractivity contribution in [1.82, 2.24) is 9.97 Å². The van der Waals surface area contributed by atoms with Crippen molar-refractivity contribution < 1.29 is 9.53 Å². The third-order valence-electron chi connectivity index (χ3n) is 5.35. The molecule has 2 aliphatic rings. The smallest absolute Gasteiger partial charge is 0.191 e. The number of nitrogen functional groups attached to an aromatic ring is 1. The highest BCUT2D eigenvalue weighted by Crippen LogP contribution is 2.51. The summed E-state index contributed by atoms with van der Waals surface area (Å²) in [6.07, 6.45) is 3.19. The van der Waals surface area contributed by atoms with E-state index in [4.69, 9.17) is 10.5 Å². The maximum Gasteiger partial charge on any atom is 0.191 e. The molecule has 146 valence electrons. The molecule has 0 radical (unpaired) electrons. The maximum absolute atomic E-state index is 13.2. The topological polar surface area (TPSA) is 90.1 Å². The number of carbonyl (C=O) groups excluding carboxylic acids is 1. The fourth-order valence-electron chi connectivity index (χ4n) is 4.22. The predicted octanol–water partition coefficient (Wildman–Crippen LogP) is 3.99. The van der Waals surface area contributed by atoms with Crippen molar-refractivity contribution in [1.29, 1.82) is 0 Å². The molecule has 1 aromatic carbocycles. The number of anilines is 2. The zero-order valence-electron chi connectivity index (χ0n) is 16.5. The summed E-state index contributed by atoms with van der Waals surface area (Å²) in [6.45, 7) is 4.23. The third kappa shape index (κ3) is 3.03. The number of Topliss-reactive ketones (excluding diaryl/α,β-unsaturated/α-hetero) is 1. The Kier molecular flexibility index (Phi) is 4.57. The first-order valence-corrected chi connectivity index (χ1v) is 10.4. The Balaban J connectivity index is 2.00. The SMILES string of the molecule is COc1ccccc1[C@H]1C2=C(CC(C)(C)CC2=O)Nc2nc(SC)nc(N)c21. The van der Waals surface area contributed by atoms with E-state index in [2.05, 4.69) is 29.1 Å². The van der Waals surface area contributed by atoms with Crippen LogP contribution in [-0.4, -0.2) is 29.1 Å². The van der Waals surface area contributed by atoms with Gasteiger partial charge in [0, 0.05) is 28.8 Å². The Hall–Kier alpha value is -2.54. The minimum atomic E-state index is -0.345. The lowest BCUT2D eigenvalue weighted by molar-refractivity contribution is -0.118. The van der Waals surface area contributed by atoms with E-state index >= 15 is 0 Å². The number of nitrogens with two attached hydrogens (primary N) is 1. The second kappa shape index (κ2) is 6.81. The Bertz CT molecular complexity index is 1000. The molecule has 6 nitrogen and oxygen atoms in total. The first kappa shape index (κ1) is 18.8. The molecule has 1 aliphatic carbocycles. The minimum absolute atomic E-state index is 0.105. The molecule has 0 spiro atoms. The summed E-state index contributed by atoms with van der Waals surface area (Å²) in [5, 5.41) is 4.02. The Morgan fingerprint density at radius 3 is 2.71 bits per heavy atom. The number of nitrogens with one attached hydrogen (secondary N) is 1. The quantitative estimate of drug-likeness (QED) is 0.599. The molecule has 0 unspecified atom stereocenters. The highest BCUT2D eigenvalue weighted by molar-refractivity contribution is 7.98. The lowest BCUT2D eigenvalue weighted by Gasteiger charge is -2.39. The van der Waals surface area contributed by atoms with Crippen LogP contribution >= 0.6 is 11.8 Å². The van der Waals surface area contributed by atoms with E-state index in [1.165, 1.54) is 11.8 Å². The number of hydrogen-bond donors (Lipinski definition) is 2. The van der Waals surface area contributed by atoms with Crippen molar-refractivity contribution >= 4 is 29.2 Å². The normalized spacial score (nSPS) is 20.3. The highest BCUT2D eigenvalue weighted by atomic mass is 32.2. The van der Waals surface area contributed by atoms with E-state index in [0.29, 0.717) is 23.2 Å². The Morgan fingerprint density at radius 2 is 2.00 bits per heavy atom. The summed E-state index contributed by atoms with van der Waals surface area (Å²) < 4.78 is 5.61. The van der Waals surface area contributed by atoms with Crippen molar-refractivity contribution in [2.75, 3.05) is 24.4 Å². The zero-order chi connectivity index (χ0) is 20.1. The summed E-state index contributed by atoms with van der Waals surface area (Å²) in [4.78, 5) is 22.4. The van der Waals surface area contributed by atoms with Crippen LogP contribution in [0.3, 0.4) is 0 Å². The fraction of sp³-hybridized carbons (Fsp3) is 0.381. The first-order valence-electron chi connectivity index (χ1n) is 9.22. The van der Waals surface area contributed by atoms with E-state index in [0.717, 1.165) is 34.6 Å².